The van der Waals surface area contributed by atoms with Gasteiger partial charge in [-0.05, 0) is 19.4 Å². The van der Waals surface area contributed by atoms with Gasteiger partial charge < -0.3 is 5.11 Å². The van der Waals surface area contributed by atoms with Crippen LogP contribution in [0.2, 0.25) is 0 Å². The van der Waals surface area contributed by atoms with Crippen LogP contribution in [-0.4, -0.2) is 20.9 Å². The maximum Gasteiger partial charge on any atom is 0.303 e. The van der Waals surface area contributed by atoms with E-state index in [1.807, 2.05) is 17.7 Å². The Morgan fingerprint density at radius 3 is 3.00 bits per heavy atom. The van der Waals surface area contributed by atoms with Gasteiger partial charge in [0.15, 0.2) is 0 Å². The van der Waals surface area contributed by atoms with Gasteiger partial charge in [0.2, 0.25) is 0 Å². The van der Waals surface area contributed by atoms with Crippen LogP contribution < -0.4 is 0 Å². The lowest BCUT2D eigenvalue weighted by molar-refractivity contribution is -0.137. The Balaban J connectivity index is 2.33. The normalized spacial score (nSPS) is 10.1. The second-order valence-electron chi connectivity index (χ2n) is 2.69. The minimum atomic E-state index is -0.750. The zero-order valence-corrected chi connectivity index (χ0v) is 7.03. The lowest BCUT2D eigenvalue weighted by Gasteiger charge is -2.01. The zero-order chi connectivity index (χ0) is 8.97. The van der Waals surface area contributed by atoms with Crippen LogP contribution in [-0.2, 0) is 11.3 Å². The fraction of sp³-hybridized carbons (Fsp3) is 0.500. The molecule has 4 heteroatoms. The maximum atomic E-state index is 10.2. The molecule has 0 aliphatic carbocycles. The Morgan fingerprint density at radius 2 is 2.50 bits per heavy atom. The molecule has 0 amide bonds. The summed E-state index contributed by atoms with van der Waals surface area (Å²) in [5.41, 5.74) is 1.07. The monoisotopic (exact) mass is 168 g/mol. The summed E-state index contributed by atoms with van der Waals surface area (Å²) < 4.78 is 1.81. The standard InChI is InChI=1S/C8H12N2O2/c1-7-4-5-9-10(7)6-2-3-8(11)12/h4-5H,2-3,6H2,1H3,(H,11,12). The van der Waals surface area contributed by atoms with Crippen LogP contribution in [0.5, 0.6) is 0 Å². The molecule has 0 saturated heterocycles. The van der Waals surface area contributed by atoms with Crippen molar-refractivity contribution in [3.8, 4) is 0 Å². The van der Waals surface area contributed by atoms with Crippen LogP contribution in [0.4, 0.5) is 0 Å². The Hall–Kier alpha value is -1.32. The second-order valence-corrected chi connectivity index (χ2v) is 2.69. The van der Waals surface area contributed by atoms with Crippen molar-refractivity contribution in [1.29, 1.82) is 0 Å². The van der Waals surface area contributed by atoms with Gasteiger partial charge >= 0.3 is 5.97 Å². The Labute approximate surface area is 70.8 Å². The van der Waals surface area contributed by atoms with Gasteiger partial charge in [-0.1, -0.05) is 0 Å². The molecule has 0 radical (unpaired) electrons. The first kappa shape index (κ1) is 8.77. The summed E-state index contributed by atoms with van der Waals surface area (Å²) in [6.45, 7) is 2.64. The molecule has 66 valence electrons. The highest BCUT2D eigenvalue weighted by atomic mass is 16.4. The smallest absolute Gasteiger partial charge is 0.303 e. The van der Waals surface area contributed by atoms with Crippen LogP contribution in [0.1, 0.15) is 18.5 Å². The fourth-order valence-corrected chi connectivity index (χ4v) is 1.01. The number of hydrogen-bond donors (Lipinski definition) is 1. The summed E-state index contributed by atoms with van der Waals surface area (Å²) in [5, 5.41) is 12.4. The minimum Gasteiger partial charge on any atom is -0.481 e. The van der Waals surface area contributed by atoms with Gasteiger partial charge in [-0.15, -0.1) is 0 Å². The highest BCUT2D eigenvalue weighted by Crippen LogP contribution is 1.99. The highest BCUT2D eigenvalue weighted by molar-refractivity contribution is 5.66. The SMILES string of the molecule is Cc1ccnn1CCCC(=O)O. The average molecular weight is 168 g/mol. The molecule has 0 aliphatic rings. The van der Waals surface area contributed by atoms with E-state index in [4.69, 9.17) is 5.11 Å². The third-order valence-corrected chi connectivity index (χ3v) is 1.69. The summed E-state index contributed by atoms with van der Waals surface area (Å²) in [7, 11) is 0. The van der Waals surface area contributed by atoms with Crippen LogP contribution in [0.15, 0.2) is 12.3 Å². The second kappa shape index (κ2) is 3.90. The first-order valence-corrected chi connectivity index (χ1v) is 3.90. The summed E-state index contributed by atoms with van der Waals surface area (Å²) in [6.07, 6.45) is 2.56. The van der Waals surface area contributed by atoms with E-state index < -0.39 is 5.97 Å². The lowest BCUT2D eigenvalue weighted by atomic mass is 10.3. The molecule has 0 saturated carbocycles. The van der Waals surface area contributed by atoms with E-state index >= 15 is 0 Å². The van der Waals surface area contributed by atoms with E-state index in [0.717, 1.165) is 5.69 Å². The van der Waals surface area contributed by atoms with E-state index in [9.17, 15) is 4.79 Å². The van der Waals surface area contributed by atoms with E-state index in [-0.39, 0.29) is 6.42 Å². The number of carbonyl (C=O) groups is 1. The van der Waals surface area contributed by atoms with Crippen molar-refractivity contribution in [2.75, 3.05) is 0 Å². The van der Waals surface area contributed by atoms with E-state index in [1.54, 1.807) is 6.20 Å². The number of nitrogens with zero attached hydrogens (tertiary/aromatic N) is 2. The summed E-state index contributed by atoms with van der Waals surface area (Å²) in [6, 6.07) is 1.90. The van der Waals surface area contributed by atoms with Gasteiger partial charge in [0.05, 0.1) is 0 Å². The molecular formula is C8H12N2O2. The van der Waals surface area contributed by atoms with Crippen LogP contribution in [0, 0.1) is 6.92 Å². The first-order valence-electron chi connectivity index (χ1n) is 3.90. The van der Waals surface area contributed by atoms with Crippen molar-refractivity contribution in [2.45, 2.75) is 26.3 Å². The van der Waals surface area contributed by atoms with Crippen molar-refractivity contribution in [1.82, 2.24) is 9.78 Å². The number of hydrogen-bond acceptors (Lipinski definition) is 2. The van der Waals surface area contributed by atoms with Gasteiger partial charge in [-0.3, -0.25) is 9.48 Å². The molecule has 0 spiro atoms. The number of aliphatic carboxylic acids is 1. The first-order chi connectivity index (χ1) is 5.70. The largest absolute Gasteiger partial charge is 0.481 e. The summed E-state index contributed by atoms with van der Waals surface area (Å²) in [5.74, 6) is -0.750. The Kier molecular flexibility index (Phi) is 2.85. The maximum absolute atomic E-state index is 10.2. The average Bonchev–Trinajstić information content (AvgIpc) is 2.36. The Morgan fingerprint density at radius 1 is 1.75 bits per heavy atom. The molecule has 0 aliphatic heterocycles. The van der Waals surface area contributed by atoms with Gasteiger partial charge in [0, 0.05) is 24.9 Å². The van der Waals surface area contributed by atoms with Gasteiger partial charge in [0.25, 0.3) is 0 Å². The molecule has 1 rings (SSSR count). The third kappa shape index (κ3) is 2.38. The molecule has 12 heavy (non-hydrogen) atoms. The fourth-order valence-electron chi connectivity index (χ4n) is 1.01. The predicted octanol–water partition coefficient (Wildman–Crippen LogP) is 1.06. The van der Waals surface area contributed by atoms with Crippen LogP contribution in [0.25, 0.3) is 0 Å². The summed E-state index contributed by atoms with van der Waals surface area (Å²) in [4.78, 5) is 10.2. The zero-order valence-electron chi connectivity index (χ0n) is 7.03. The van der Waals surface area contributed by atoms with Crippen molar-refractivity contribution in [3.63, 3.8) is 0 Å². The molecule has 1 heterocycles. The molecule has 0 aromatic carbocycles. The minimum absolute atomic E-state index is 0.208. The molecule has 1 aromatic heterocycles. The number of rotatable bonds is 4. The molecule has 0 unspecified atom stereocenters. The molecule has 1 N–H and O–H groups in total. The van der Waals surface area contributed by atoms with E-state index in [1.165, 1.54) is 0 Å². The van der Waals surface area contributed by atoms with Crippen LogP contribution in [0.3, 0.4) is 0 Å². The quantitative estimate of drug-likeness (QED) is 0.731. The van der Waals surface area contributed by atoms with Gasteiger partial charge in [0.1, 0.15) is 0 Å². The molecule has 1 aromatic rings. The van der Waals surface area contributed by atoms with E-state index in [0.29, 0.717) is 13.0 Å². The van der Waals surface area contributed by atoms with Crippen molar-refractivity contribution in [3.05, 3.63) is 18.0 Å². The highest BCUT2D eigenvalue weighted by Gasteiger charge is 1.99. The van der Waals surface area contributed by atoms with Crippen LogP contribution >= 0.6 is 0 Å². The van der Waals surface area contributed by atoms with E-state index in [2.05, 4.69) is 5.10 Å². The number of aryl methyl sites for hydroxylation is 2. The predicted molar refractivity (Wildman–Crippen MR) is 43.8 cm³/mol. The van der Waals surface area contributed by atoms with Crippen molar-refractivity contribution >= 4 is 5.97 Å². The number of carboxylic acid groups (broad SMARTS) is 1. The summed E-state index contributed by atoms with van der Waals surface area (Å²) >= 11 is 0. The molecule has 4 nitrogen and oxygen atoms in total. The lowest BCUT2D eigenvalue weighted by Crippen LogP contribution is -2.04. The topological polar surface area (TPSA) is 55.1 Å². The van der Waals surface area contributed by atoms with Gasteiger partial charge in [-0.2, -0.15) is 5.10 Å². The number of carboxylic acids is 1. The molecule has 0 atom stereocenters. The van der Waals surface area contributed by atoms with Crippen molar-refractivity contribution in [2.24, 2.45) is 0 Å². The third-order valence-electron chi connectivity index (χ3n) is 1.69. The molecular weight excluding hydrogens is 156 g/mol. The van der Waals surface area contributed by atoms with Gasteiger partial charge in [-0.25, -0.2) is 0 Å². The Bertz CT molecular complexity index is 268. The molecule has 0 fully saturated rings. The number of aromatic nitrogens is 2. The van der Waals surface area contributed by atoms with Crippen molar-refractivity contribution < 1.29 is 9.90 Å². The molecule has 0 bridgehead atoms.